The molecule has 0 saturated carbocycles. The smallest absolute Gasteiger partial charge is 0.171 e. The predicted molar refractivity (Wildman–Crippen MR) is 63.9 cm³/mol. The van der Waals surface area contributed by atoms with Gasteiger partial charge in [-0.3, -0.25) is 0 Å². The standard InChI is InChI=1S/C11H16ClN3O/c1-11(16-2)4-3-7-15(8-11)10-9(12)13-5-6-14-10/h5-6H,3-4,7-8H2,1-2H3. The number of ether oxygens (including phenoxy) is 1. The molecular weight excluding hydrogens is 226 g/mol. The molecule has 1 saturated heterocycles. The second-order valence-corrected chi connectivity index (χ2v) is 4.71. The van der Waals surface area contributed by atoms with Crippen LogP contribution in [0, 0.1) is 0 Å². The Morgan fingerprint density at radius 3 is 2.88 bits per heavy atom. The average molecular weight is 242 g/mol. The minimum absolute atomic E-state index is 0.112. The zero-order valence-corrected chi connectivity index (χ0v) is 10.4. The normalized spacial score (nSPS) is 25.8. The number of aromatic nitrogens is 2. The van der Waals surface area contributed by atoms with E-state index in [9.17, 15) is 0 Å². The van der Waals surface area contributed by atoms with Crippen LogP contribution in [0.25, 0.3) is 0 Å². The average Bonchev–Trinajstić information content (AvgIpc) is 2.30. The minimum Gasteiger partial charge on any atom is -0.377 e. The van der Waals surface area contributed by atoms with Gasteiger partial charge >= 0.3 is 0 Å². The van der Waals surface area contributed by atoms with Crippen molar-refractivity contribution in [1.29, 1.82) is 0 Å². The summed E-state index contributed by atoms with van der Waals surface area (Å²) < 4.78 is 5.54. The van der Waals surface area contributed by atoms with Crippen molar-refractivity contribution in [2.24, 2.45) is 0 Å². The highest BCUT2D eigenvalue weighted by Crippen LogP contribution is 2.29. The molecule has 0 aromatic carbocycles. The van der Waals surface area contributed by atoms with Gasteiger partial charge in [-0.25, -0.2) is 9.97 Å². The lowest BCUT2D eigenvalue weighted by molar-refractivity contribution is -0.00482. The van der Waals surface area contributed by atoms with E-state index in [4.69, 9.17) is 16.3 Å². The van der Waals surface area contributed by atoms with Gasteiger partial charge in [0.05, 0.1) is 5.60 Å². The highest BCUT2D eigenvalue weighted by molar-refractivity contribution is 6.31. The minimum atomic E-state index is -0.112. The van der Waals surface area contributed by atoms with Crippen molar-refractivity contribution >= 4 is 17.4 Å². The van der Waals surface area contributed by atoms with E-state index in [2.05, 4.69) is 21.8 Å². The number of nitrogens with zero attached hydrogens (tertiary/aromatic N) is 3. The molecule has 0 amide bonds. The first-order valence-corrected chi connectivity index (χ1v) is 5.79. The van der Waals surface area contributed by atoms with Gasteiger partial charge in [0, 0.05) is 32.6 Å². The largest absolute Gasteiger partial charge is 0.377 e. The quantitative estimate of drug-likeness (QED) is 0.795. The molecule has 0 radical (unpaired) electrons. The fourth-order valence-corrected chi connectivity index (χ4v) is 2.30. The first kappa shape index (κ1) is 11.6. The molecule has 1 atom stereocenters. The third-order valence-corrected chi connectivity index (χ3v) is 3.35. The van der Waals surface area contributed by atoms with Crippen LogP contribution >= 0.6 is 11.6 Å². The van der Waals surface area contributed by atoms with Gasteiger partial charge in [0.25, 0.3) is 0 Å². The van der Waals surface area contributed by atoms with E-state index in [-0.39, 0.29) is 5.60 Å². The molecule has 5 heteroatoms. The maximum Gasteiger partial charge on any atom is 0.171 e. The number of piperidine rings is 1. The zero-order chi connectivity index (χ0) is 11.6. The number of rotatable bonds is 2. The molecule has 0 bridgehead atoms. The summed E-state index contributed by atoms with van der Waals surface area (Å²) in [5.74, 6) is 0.757. The summed E-state index contributed by atoms with van der Waals surface area (Å²) >= 11 is 6.04. The molecule has 1 aliphatic rings. The molecule has 4 nitrogen and oxygen atoms in total. The summed E-state index contributed by atoms with van der Waals surface area (Å²) in [5, 5.41) is 0.461. The second-order valence-electron chi connectivity index (χ2n) is 4.35. The number of halogens is 1. The van der Waals surface area contributed by atoms with Crippen LogP contribution in [0.2, 0.25) is 5.15 Å². The van der Waals surface area contributed by atoms with Gasteiger partial charge in [0.15, 0.2) is 11.0 Å². The van der Waals surface area contributed by atoms with Crippen LogP contribution in [0.1, 0.15) is 19.8 Å². The summed E-state index contributed by atoms with van der Waals surface area (Å²) in [6.45, 7) is 3.88. The Bertz CT molecular complexity index is 374. The molecular formula is C11H16ClN3O. The molecule has 1 aromatic rings. The van der Waals surface area contributed by atoms with Gasteiger partial charge in [-0.15, -0.1) is 0 Å². The molecule has 0 aliphatic carbocycles. The molecule has 2 rings (SSSR count). The Hall–Kier alpha value is -0.870. The van der Waals surface area contributed by atoms with E-state index in [1.807, 2.05) is 0 Å². The lowest BCUT2D eigenvalue weighted by Gasteiger charge is -2.40. The monoisotopic (exact) mass is 241 g/mol. The molecule has 0 spiro atoms. The van der Waals surface area contributed by atoms with Crippen molar-refractivity contribution < 1.29 is 4.74 Å². The SMILES string of the molecule is COC1(C)CCCN(c2nccnc2Cl)C1. The summed E-state index contributed by atoms with van der Waals surface area (Å²) in [6.07, 6.45) is 5.42. The number of methoxy groups -OCH3 is 1. The summed E-state index contributed by atoms with van der Waals surface area (Å²) in [6, 6.07) is 0. The van der Waals surface area contributed by atoms with Gasteiger partial charge in [-0.05, 0) is 19.8 Å². The van der Waals surface area contributed by atoms with Crippen LogP contribution in [-0.2, 0) is 4.74 Å². The Balaban J connectivity index is 2.19. The fraction of sp³-hybridized carbons (Fsp3) is 0.636. The van der Waals surface area contributed by atoms with Gasteiger partial charge in [0.2, 0.25) is 0 Å². The first-order chi connectivity index (χ1) is 7.64. The zero-order valence-electron chi connectivity index (χ0n) is 9.61. The predicted octanol–water partition coefficient (Wildman–Crippen LogP) is 2.14. The first-order valence-electron chi connectivity index (χ1n) is 5.41. The van der Waals surface area contributed by atoms with Gasteiger partial charge in [0.1, 0.15) is 0 Å². The van der Waals surface area contributed by atoms with E-state index in [0.29, 0.717) is 5.15 Å². The third kappa shape index (κ3) is 2.28. The fourth-order valence-electron chi connectivity index (χ4n) is 2.08. The Kier molecular flexibility index (Phi) is 3.30. The summed E-state index contributed by atoms with van der Waals surface area (Å²) in [4.78, 5) is 10.5. The van der Waals surface area contributed by atoms with Gasteiger partial charge < -0.3 is 9.64 Å². The summed E-state index contributed by atoms with van der Waals surface area (Å²) in [5.41, 5.74) is -0.112. The van der Waals surface area contributed by atoms with Crippen molar-refractivity contribution in [1.82, 2.24) is 9.97 Å². The van der Waals surface area contributed by atoms with Crippen LogP contribution < -0.4 is 4.90 Å². The topological polar surface area (TPSA) is 38.2 Å². The molecule has 16 heavy (non-hydrogen) atoms. The van der Waals surface area contributed by atoms with Crippen LogP contribution in [0.15, 0.2) is 12.4 Å². The lowest BCUT2D eigenvalue weighted by atomic mass is 9.95. The van der Waals surface area contributed by atoms with Crippen LogP contribution in [0.4, 0.5) is 5.82 Å². The maximum atomic E-state index is 6.04. The molecule has 1 aromatic heterocycles. The van der Waals surface area contributed by atoms with Gasteiger partial charge in [-0.2, -0.15) is 0 Å². The van der Waals surface area contributed by atoms with Crippen molar-refractivity contribution in [2.75, 3.05) is 25.1 Å². The van der Waals surface area contributed by atoms with E-state index < -0.39 is 0 Å². The highest BCUT2D eigenvalue weighted by atomic mass is 35.5. The van der Waals surface area contributed by atoms with Crippen LogP contribution in [-0.4, -0.2) is 35.8 Å². The van der Waals surface area contributed by atoms with Crippen molar-refractivity contribution in [3.8, 4) is 0 Å². The Morgan fingerprint density at radius 2 is 2.19 bits per heavy atom. The second kappa shape index (κ2) is 4.55. The number of hydrogen-bond acceptors (Lipinski definition) is 4. The third-order valence-electron chi connectivity index (χ3n) is 3.09. The molecule has 0 N–H and O–H groups in total. The number of hydrogen-bond donors (Lipinski definition) is 0. The highest BCUT2D eigenvalue weighted by Gasteiger charge is 2.32. The van der Waals surface area contributed by atoms with E-state index in [1.54, 1.807) is 19.5 Å². The van der Waals surface area contributed by atoms with Crippen molar-refractivity contribution in [2.45, 2.75) is 25.4 Å². The summed E-state index contributed by atoms with van der Waals surface area (Å²) in [7, 11) is 1.75. The Morgan fingerprint density at radius 1 is 1.44 bits per heavy atom. The van der Waals surface area contributed by atoms with Crippen molar-refractivity contribution in [3.63, 3.8) is 0 Å². The molecule has 1 fully saturated rings. The Labute approximate surface area is 101 Å². The number of anilines is 1. The van der Waals surface area contributed by atoms with E-state index >= 15 is 0 Å². The van der Waals surface area contributed by atoms with Gasteiger partial charge in [-0.1, -0.05) is 11.6 Å². The molecule has 1 aliphatic heterocycles. The van der Waals surface area contributed by atoms with Crippen LogP contribution in [0.3, 0.4) is 0 Å². The van der Waals surface area contributed by atoms with E-state index in [1.165, 1.54) is 0 Å². The lowest BCUT2D eigenvalue weighted by Crippen LogP contribution is -2.47. The van der Waals surface area contributed by atoms with Crippen molar-refractivity contribution in [3.05, 3.63) is 17.5 Å². The maximum absolute atomic E-state index is 6.04. The molecule has 1 unspecified atom stereocenters. The van der Waals surface area contributed by atoms with E-state index in [0.717, 1.165) is 31.7 Å². The molecule has 2 heterocycles. The molecule has 88 valence electrons. The van der Waals surface area contributed by atoms with Crippen LogP contribution in [0.5, 0.6) is 0 Å².